The Hall–Kier alpha value is -1.83. The third kappa shape index (κ3) is 1.60. The first-order chi connectivity index (χ1) is 8.65. The highest BCUT2D eigenvalue weighted by molar-refractivity contribution is 5.90. The molecule has 0 aliphatic heterocycles. The summed E-state index contributed by atoms with van der Waals surface area (Å²) in [7, 11) is 1.47. The SMILES string of the molecule is COC(=O)C1(c2ccc3cc(C)ccc3c2)CC1. The number of carbonyl (C=O) groups excluding carboxylic acids is 1. The summed E-state index contributed by atoms with van der Waals surface area (Å²) in [4.78, 5) is 11.9. The standard InChI is InChI=1S/C16H16O2/c1-11-3-4-13-10-14(6-5-12(13)9-11)16(7-8-16)15(17)18-2/h3-6,9-10H,7-8H2,1-2H3. The highest BCUT2D eigenvalue weighted by atomic mass is 16.5. The van der Waals surface area contributed by atoms with Crippen LogP contribution in [0.3, 0.4) is 0 Å². The molecular weight excluding hydrogens is 224 g/mol. The molecule has 0 radical (unpaired) electrons. The van der Waals surface area contributed by atoms with E-state index < -0.39 is 0 Å². The zero-order chi connectivity index (χ0) is 12.8. The Morgan fingerprint density at radius 3 is 2.44 bits per heavy atom. The second-order valence-electron chi connectivity index (χ2n) is 5.14. The Morgan fingerprint density at radius 1 is 1.11 bits per heavy atom. The van der Waals surface area contributed by atoms with E-state index in [0.29, 0.717) is 0 Å². The summed E-state index contributed by atoms with van der Waals surface area (Å²) in [5.41, 5.74) is 1.98. The molecule has 1 fully saturated rings. The van der Waals surface area contributed by atoms with E-state index in [1.807, 2.05) is 0 Å². The van der Waals surface area contributed by atoms with Crippen molar-refractivity contribution < 1.29 is 9.53 Å². The number of hydrogen-bond donors (Lipinski definition) is 0. The Balaban J connectivity index is 2.09. The molecule has 0 bridgehead atoms. The van der Waals surface area contributed by atoms with Gasteiger partial charge in [-0.3, -0.25) is 4.79 Å². The van der Waals surface area contributed by atoms with Gasteiger partial charge >= 0.3 is 5.97 Å². The van der Waals surface area contributed by atoms with Crippen molar-refractivity contribution in [2.45, 2.75) is 25.2 Å². The lowest BCUT2D eigenvalue weighted by molar-refractivity contribution is -0.143. The van der Waals surface area contributed by atoms with Crippen molar-refractivity contribution in [2.75, 3.05) is 7.11 Å². The fraction of sp³-hybridized carbons (Fsp3) is 0.312. The molecule has 0 atom stereocenters. The van der Waals surface area contributed by atoms with Crippen LogP contribution in [0.25, 0.3) is 10.8 Å². The van der Waals surface area contributed by atoms with Crippen LogP contribution in [-0.2, 0) is 14.9 Å². The van der Waals surface area contributed by atoms with Crippen LogP contribution in [-0.4, -0.2) is 13.1 Å². The molecule has 1 aliphatic carbocycles. The summed E-state index contributed by atoms with van der Waals surface area (Å²) in [5.74, 6) is -0.103. The van der Waals surface area contributed by atoms with Gasteiger partial charge in [-0.25, -0.2) is 0 Å². The zero-order valence-corrected chi connectivity index (χ0v) is 10.7. The van der Waals surface area contributed by atoms with E-state index in [4.69, 9.17) is 4.74 Å². The molecule has 2 aromatic rings. The van der Waals surface area contributed by atoms with Gasteiger partial charge in [0.25, 0.3) is 0 Å². The van der Waals surface area contributed by atoms with Crippen molar-refractivity contribution in [3.05, 3.63) is 47.5 Å². The maximum atomic E-state index is 11.9. The van der Waals surface area contributed by atoms with Crippen molar-refractivity contribution in [1.82, 2.24) is 0 Å². The first-order valence-electron chi connectivity index (χ1n) is 6.25. The van der Waals surface area contributed by atoms with Gasteiger partial charge in [-0.15, -0.1) is 0 Å². The Morgan fingerprint density at radius 2 is 1.78 bits per heavy atom. The second-order valence-corrected chi connectivity index (χ2v) is 5.14. The molecule has 0 aromatic heterocycles. The average molecular weight is 240 g/mol. The van der Waals surface area contributed by atoms with Gasteiger partial charge in [0.1, 0.15) is 0 Å². The third-order valence-electron chi connectivity index (χ3n) is 3.87. The minimum atomic E-state index is -0.367. The number of rotatable bonds is 2. The van der Waals surface area contributed by atoms with Gasteiger partial charge in [0.15, 0.2) is 0 Å². The van der Waals surface area contributed by atoms with Gasteiger partial charge in [-0.2, -0.15) is 0 Å². The third-order valence-corrected chi connectivity index (χ3v) is 3.87. The van der Waals surface area contributed by atoms with Crippen LogP contribution in [0.4, 0.5) is 0 Å². The molecule has 0 heterocycles. The minimum Gasteiger partial charge on any atom is -0.468 e. The van der Waals surface area contributed by atoms with Crippen LogP contribution < -0.4 is 0 Å². The van der Waals surface area contributed by atoms with E-state index in [-0.39, 0.29) is 11.4 Å². The first kappa shape index (κ1) is 11.3. The van der Waals surface area contributed by atoms with E-state index in [2.05, 4.69) is 43.3 Å². The number of fused-ring (bicyclic) bond motifs is 1. The van der Waals surface area contributed by atoms with Crippen molar-refractivity contribution in [3.63, 3.8) is 0 Å². The van der Waals surface area contributed by atoms with Crippen LogP contribution in [0.1, 0.15) is 24.0 Å². The maximum Gasteiger partial charge on any atom is 0.316 e. The van der Waals surface area contributed by atoms with E-state index in [1.165, 1.54) is 23.4 Å². The predicted molar refractivity (Wildman–Crippen MR) is 71.6 cm³/mol. The Kier molecular flexibility index (Phi) is 2.40. The first-order valence-corrected chi connectivity index (χ1v) is 6.25. The van der Waals surface area contributed by atoms with E-state index in [9.17, 15) is 4.79 Å². The molecule has 0 amide bonds. The van der Waals surface area contributed by atoms with Crippen molar-refractivity contribution >= 4 is 16.7 Å². The van der Waals surface area contributed by atoms with E-state index in [1.54, 1.807) is 0 Å². The van der Waals surface area contributed by atoms with Crippen LogP contribution >= 0.6 is 0 Å². The van der Waals surface area contributed by atoms with Crippen LogP contribution in [0.15, 0.2) is 36.4 Å². The molecule has 1 aliphatic rings. The minimum absolute atomic E-state index is 0.103. The van der Waals surface area contributed by atoms with Crippen LogP contribution in [0.5, 0.6) is 0 Å². The largest absolute Gasteiger partial charge is 0.468 e. The average Bonchev–Trinajstić information content (AvgIpc) is 3.18. The zero-order valence-electron chi connectivity index (χ0n) is 10.7. The fourth-order valence-corrected chi connectivity index (χ4v) is 2.59. The van der Waals surface area contributed by atoms with Gasteiger partial charge in [-0.05, 0) is 36.1 Å². The smallest absolute Gasteiger partial charge is 0.316 e. The lowest BCUT2D eigenvalue weighted by Crippen LogP contribution is -2.21. The van der Waals surface area contributed by atoms with Gasteiger partial charge in [-0.1, -0.05) is 42.0 Å². The molecule has 2 nitrogen and oxygen atoms in total. The number of aryl methyl sites for hydroxylation is 1. The fourth-order valence-electron chi connectivity index (χ4n) is 2.59. The lowest BCUT2D eigenvalue weighted by Gasteiger charge is -2.13. The molecule has 0 saturated heterocycles. The molecule has 0 spiro atoms. The Labute approximate surface area is 107 Å². The molecular formula is C16H16O2. The van der Waals surface area contributed by atoms with Crippen molar-refractivity contribution in [3.8, 4) is 0 Å². The summed E-state index contributed by atoms with van der Waals surface area (Å²) in [6.45, 7) is 2.09. The monoisotopic (exact) mass is 240 g/mol. The van der Waals surface area contributed by atoms with E-state index >= 15 is 0 Å². The summed E-state index contributed by atoms with van der Waals surface area (Å²) in [6.07, 6.45) is 1.80. The summed E-state index contributed by atoms with van der Waals surface area (Å²) in [5, 5.41) is 2.41. The van der Waals surface area contributed by atoms with E-state index in [0.717, 1.165) is 18.4 Å². The molecule has 2 heteroatoms. The van der Waals surface area contributed by atoms with Gasteiger partial charge in [0, 0.05) is 0 Å². The highest BCUT2D eigenvalue weighted by Gasteiger charge is 2.52. The molecule has 2 aromatic carbocycles. The van der Waals surface area contributed by atoms with Crippen molar-refractivity contribution in [2.24, 2.45) is 0 Å². The number of hydrogen-bond acceptors (Lipinski definition) is 2. The lowest BCUT2D eigenvalue weighted by atomic mass is 9.93. The quantitative estimate of drug-likeness (QED) is 0.752. The predicted octanol–water partition coefficient (Wildman–Crippen LogP) is 3.35. The Bertz CT molecular complexity index is 624. The maximum absolute atomic E-state index is 11.9. The highest BCUT2D eigenvalue weighted by Crippen LogP contribution is 2.49. The number of methoxy groups -OCH3 is 1. The molecule has 0 unspecified atom stereocenters. The van der Waals surface area contributed by atoms with Gasteiger partial charge < -0.3 is 4.74 Å². The summed E-state index contributed by atoms with van der Waals surface area (Å²) >= 11 is 0. The molecule has 3 rings (SSSR count). The summed E-state index contributed by atoms with van der Waals surface area (Å²) in [6, 6.07) is 12.7. The van der Waals surface area contributed by atoms with Gasteiger partial charge in [0.05, 0.1) is 12.5 Å². The van der Waals surface area contributed by atoms with Gasteiger partial charge in [0.2, 0.25) is 0 Å². The number of benzene rings is 2. The second kappa shape index (κ2) is 3.84. The van der Waals surface area contributed by atoms with Crippen LogP contribution in [0.2, 0.25) is 0 Å². The topological polar surface area (TPSA) is 26.3 Å². The normalized spacial score (nSPS) is 16.6. The van der Waals surface area contributed by atoms with Crippen molar-refractivity contribution in [1.29, 1.82) is 0 Å². The molecule has 0 N–H and O–H groups in total. The number of ether oxygens (including phenoxy) is 1. The molecule has 1 saturated carbocycles. The molecule has 18 heavy (non-hydrogen) atoms. The molecule has 92 valence electrons. The number of esters is 1. The number of carbonyl (C=O) groups is 1. The van der Waals surface area contributed by atoms with Crippen LogP contribution in [0, 0.1) is 6.92 Å². The summed E-state index contributed by atoms with van der Waals surface area (Å²) < 4.78 is 4.92.